The molecule has 2 aliphatic rings. The Bertz CT molecular complexity index is 1440. The summed E-state index contributed by atoms with van der Waals surface area (Å²) in [5.41, 5.74) is 7.24. The van der Waals surface area contributed by atoms with Crippen molar-refractivity contribution in [3.05, 3.63) is 40.2 Å². The lowest BCUT2D eigenvalue weighted by Crippen LogP contribution is -2.53. The molecule has 4 aromatic heterocycles. The number of thiophene rings is 1. The zero-order chi connectivity index (χ0) is 25.7. The third-order valence-corrected chi connectivity index (χ3v) is 9.30. The fourth-order valence-corrected chi connectivity index (χ4v) is 7.66. The van der Waals surface area contributed by atoms with Crippen LogP contribution in [0.5, 0.6) is 0 Å². The molecule has 1 amide bonds. The number of nitrogens with zero attached hydrogens (tertiary/aromatic N) is 4. The van der Waals surface area contributed by atoms with Crippen LogP contribution in [0.1, 0.15) is 67.0 Å². The Morgan fingerprint density at radius 3 is 2.81 bits per heavy atom. The highest BCUT2D eigenvalue weighted by Crippen LogP contribution is 2.46. The molecule has 0 aromatic carbocycles. The average Bonchev–Trinajstić information content (AvgIpc) is 3.62. The van der Waals surface area contributed by atoms with E-state index in [0.29, 0.717) is 25.0 Å². The van der Waals surface area contributed by atoms with Crippen molar-refractivity contribution >= 4 is 33.1 Å². The zero-order valence-corrected chi connectivity index (χ0v) is 23.0. The van der Waals surface area contributed by atoms with Gasteiger partial charge in [-0.15, -0.1) is 11.3 Å². The number of aromatic nitrogens is 4. The van der Waals surface area contributed by atoms with E-state index in [2.05, 4.69) is 60.3 Å². The van der Waals surface area contributed by atoms with Gasteiger partial charge in [-0.3, -0.25) is 4.79 Å². The van der Waals surface area contributed by atoms with Crippen LogP contribution in [0.3, 0.4) is 0 Å². The monoisotopic (exact) mass is 520 g/mol. The highest BCUT2D eigenvalue weighted by Gasteiger charge is 2.32. The number of likely N-dealkylation sites (tertiary alicyclic amines) is 1. The lowest BCUT2D eigenvalue weighted by Gasteiger charge is -2.35. The number of piperidine rings is 1. The standard InChI is InChI=1S/C28H36N6O2S/c1-5-20-23-22(16(2)3)24(19-12-17(4)26-30-15-31-34(26)13-19)32-27(23)37-25(20)18-6-9-33(10-7-18)28(35)21-14-36-11-8-29-21/h12-13,15-16,18,21,29,32H,5-11,14H2,1-4H3/t21-/m1/s1. The number of aromatic amines is 1. The van der Waals surface area contributed by atoms with Gasteiger partial charge in [0, 0.05) is 41.7 Å². The number of nitrogens with one attached hydrogen (secondary N) is 2. The van der Waals surface area contributed by atoms with E-state index < -0.39 is 0 Å². The van der Waals surface area contributed by atoms with Crippen LogP contribution < -0.4 is 5.32 Å². The molecular weight excluding hydrogens is 484 g/mol. The van der Waals surface area contributed by atoms with Crippen LogP contribution in [0.15, 0.2) is 18.6 Å². The fraction of sp³-hybridized carbons (Fsp3) is 0.536. The average molecular weight is 521 g/mol. The highest BCUT2D eigenvalue weighted by atomic mass is 32.1. The molecule has 0 radical (unpaired) electrons. The molecule has 2 saturated heterocycles. The summed E-state index contributed by atoms with van der Waals surface area (Å²) in [7, 11) is 0. The SMILES string of the molecule is CCc1c(C2CCN(C(=O)[C@H]3COCCN3)CC2)sc2[nH]c(-c3cc(C)c4ncnn4c3)c(C(C)C)c12. The smallest absolute Gasteiger partial charge is 0.242 e. The van der Waals surface area contributed by atoms with Gasteiger partial charge in [0.2, 0.25) is 5.91 Å². The molecule has 6 heterocycles. The molecule has 2 fully saturated rings. The highest BCUT2D eigenvalue weighted by molar-refractivity contribution is 7.19. The predicted molar refractivity (Wildman–Crippen MR) is 148 cm³/mol. The molecule has 2 N–H and O–H groups in total. The van der Waals surface area contributed by atoms with Crippen LogP contribution >= 0.6 is 11.3 Å². The molecule has 37 heavy (non-hydrogen) atoms. The van der Waals surface area contributed by atoms with E-state index in [1.165, 1.54) is 31.9 Å². The minimum atomic E-state index is -0.191. The molecule has 0 aliphatic carbocycles. The molecule has 0 spiro atoms. The number of hydrogen-bond acceptors (Lipinski definition) is 6. The first kappa shape index (κ1) is 24.6. The number of fused-ring (bicyclic) bond motifs is 2. The Balaban J connectivity index is 1.31. The minimum Gasteiger partial charge on any atom is -0.378 e. The van der Waals surface area contributed by atoms with E-state index in [1.54, 1.807) is 6.33 Å². The number of carbonyl (C=O) groups is 1. The number of carbonyl (C=O) groups excluding carboxylic acids is 1. The Labute approximate surface area is 221 Å². The van der Waals surface area contributed by atoms with Gasteiger partial charge in [-0.2, -0.15) is 5.10 Å². The Kier molecular flexibility index (Phi) is 6.54. The number of aryl methyl sites for hydroxylation is 2. The van der Waals surface area contributed by atoms with Gasteiger partial charge < -0.3 is 19.9 Å². The molecule has 9 heteroatoms. The van der Waals surface area contributed by atoms with Gasteiger partial charge in [0.1, 0.15) is 17.2 Å². The Morgan fingerprint density at radius 1 is 1.30 bits per heavy atom. The second-order valence-electron chi connectivity index (χ2n) is 10.7. The first-order valence-corrected chi connectivity index (χ1v) is 14.3. The van der Waals surface area contributed by atoms with Crippen LogP contribution in [-0.2, 0) is 16.0 Å². The van der Waals surface area contributed by atoms with Gasteiger partial charge in [0.15, 0.2) is 5.65 Å². The number of pyridine rings is 1. The summed E-state index contributed by atoms with van der Waals surface area (Å²) >= 11 is 1.92. The van der Waals surface area contributed by atoms with Gasteiger partial charge in [0.05, 0.1) is 18.9 Å². The lowest BCUT2D eigenvalue weighted by molar-refractivity contribution is -0.137. The molecule has 2 aliphatic heterocycles. The summed E-state index contributed by atoms with van der Waals surface area (Å²) in [6.45, 7) is 12.5. The van der Waals surface area contributed by atoms with E-state index in [4.69, 9.17) is 4.74 Å². The molecule has 8 nitrogen and oxygen atoms in total. The summed E-state index contributed by atoms with van der Waals surface area (Å²) in [5, 5.41) is 9.11. The van der Waals surface area contributed by atoms with Gasteiger partial charge in [-0.25, -0.2) is 9.50 Å². The molecule has 196 valence electrons. The summed E-state index contributed by atoms with van der Waals surface area (Å²) in [6, 6.07) is 2.03. The quantitative estimate of drug-likeness (QED) is 0.401. The van der Waals surface area contributed by atoms with Crippen molar-refractivity contribution in [1.29, 1.82) is 0 Å². The van der Waals surface area contributed by atoms with Crippen molar-refractivity contribution in [1.82, 2.24) is 29.8 Å². The van der Waals surface area contributed by atoms with Crippen LogP contribution in [0.4, 0.5) is 0 Å². The van der Waals surface area contributed by atoms with Gasteiger partial charge in [-0.1, -0.05) is 20.8 Å². The van der Waals surface area contributed by atoms with E-state index >= 15 is 0 Å². The van der Waals surface area contributed by atoms with Crippen molar-refractivity contribution in [2.24, 2.45) is 0 Å². The number of H-pyrrole nitrogens is 1. The molecule has 4 aromatic rings. The maximum atomic E-state index is 13.0. The summed E-state index contributed by atoms with van der Waals surface area (Å²) < 4.78 is 7.39. The first-order valence-electron chi connectivity index (χ1n) is 13.5. The van der Waals surface area contributed by atoms with Crippen LogP contribution in [0.2, 0.25) is 0 Å². The second-order valence-corrected chi connectivity index (χ2v) is 11.7. The maximum Gasteiger partial charge on any atom is 0.242 e. The first-order chi connectivity index (χ1) is 18.0. The molecule has 6 rings (SSSR count). The zero-order valence-electron chi connectivity index (χ0n) is 22.1. The third-order valence-electron chi connectivity index (χ3n) is 7.99. The van der Waals surface area contributed by atoms with Crippen molar-refractivity contribution in [2.45, 2.75) is 64.8 Å². The van der Waals surface area contributed by atoms with Crippen molar-refractivity contribution in [2.75, 3.05) is 32.8 Å². The number of hydrogen-bond donors (Lipinski definition) is 2. The number of amides is 1. The topological polar surface area (TPSA) is 87.5 Å². The fourth-order valence-electron chi connectivity index (χ4n) is 6.18. The van der Waals surface area contributed by atoms with E-state index in [9.17, 15) is 4.79 Å². The van der Waals surface area contributed by atoms with E-state index in [1.807, 2.05) is 20.8 Å². The minimum absolute atomic E-state index is 0.191. The van der Waals surface area contributed by atoms with E-state index in [0.717, 1.165) is 55.7 Å². The van der Waals surface area contributed by atoms with Gasteiger partial charge in [0.25, 0.3) is 0 Å². The normalized spacial score (nSPS) is 19.5. The molecule has 0 unspecified atom stereocenters. The van der Waals surface area contributed by atoms with Crippen LogP contribution in [0, 0.1) is 6.92 Å². The van der Waals surface area contributed by atoms with Gasteiger partial charge >= 0.3 is 0 Å². The molecule has 1 atom stereocenters. The maximum absolute atomic E-state index is 13.0. The Morgan fingerprint density at radius 2 is 2.11 bits per heavy atom. The molecular formula is C28H36N6O2S. The third kappa shape index (κ3) is 4.27. The van der Waals surface area contributed by atoms with Crippen LogP contribution in [0.25, 0.3) is 27.1 Å². The summed E-state index contributed by atoms with van der Waals surface area (Å²) in [4.78, 5) is 26.0. The second kappa shape index (κ2) is 9.85. The van der Waals surface area contributed by atoms with Crippen LogP contribution in [-0.4, -0.2) is 69.3 Å². The number of rotatable bonds is 5. The predicted octanol–water partition coefficient (Wildman–Crippen LogP) is 4.63. The number of ether oxygens (including phenoxy) is 1. The van der Waals surface area contributed by atoms with Crippen molar-refractivity contribution in [3.8, 4) is 11.3 Å². The molecule has 0 saturated carbocycles. The summed E-state index contributed by atoms with van der Waals surface area (Å²) in [6.07, 6.45) is 6.74. The lowest BCUT2D eigenvalue weighted by atomic mass is 9.89. The Hall–Kier alpha value is -2.75. The van der Waals surface area contributed by atoms with Crippen molar-refractivity contribution < 1.29 is 9.53 Å². The van der Waals surface area contributed by atoms with E-state index in [-0.39, 0.29) is 11.9 Å². The largest absolute Gasteiger partial charge is 0.378 e. The molecule has 0 bridgehead atoms. The van der Waals surface area contributed by atoms with Gasteiger partial charge in [-0.05, 0) is 60.8 Å². The van der Waals surface area contributed by atoms with Crippen molar-refractivity contribution in [3.63, 3.8) is 0 Å². The number of morpholine rings is 1. The summed E-state index contributed by atoms with van der Waals surface area (Å²) in [5.74, 6) is 1.07.